The average Bonchev–Trinajstić information content (AvgIpc) is 2.10. The summed E-state index contributed by atoms with van der Waals surface area (Å²) in [7, 11) is -5.25. The van der Waals surface area contributed by atoms with Crippen LogP contribution >= 0.6 is 0 Å². The van der Waals surface area contributed by atoms with Crippen LogP contribution in [0.1, 0.15) is 12.8 Å². The molecule has 0 aliphatic carbocycles. The molecule has 0 saturated heterocycles. The lowest BCUT2D eigenvalue weighted by Gasteiger charge is -2.19. The molecule has 0 aromatic heterocycles. The number of carbonyl (C=O) groups excluding carboxylic acids is 2. The second kappa shape index (κ2) is 6.27. The van der Waals surface area contributed by atoms with Crippen molar-refractivity contribution in [2.45, 2.75) is 18.4 Å². The van der Waals surface area contributed by atoms with Gasteiger partial charge in [-0.3, -0.25) is 18.3 Å². The Morgan fingerprint density at radius 1 is 1.05 bits per heavy atom. The Labute approximate surface area is 110 Å². The van der Waals surface area contributed by atoms with E-state index >= 15 is 0 Å². The smallest absolute Gasteiger partial charge is 0.481 e. The van der Waals surface area contributed by atoms with Crippen LogP contribution in [0.15, 0.2) is 0 Å². The van der Waals surface area contributed by atoms with Crippen LogP contribution in [0.2, 0.25) is 0 Å². The van der Waals surface area contributed by atoms with E-state index in [4.69, 9.17) is 14.8 Å². The van der Waals surface area contributed by atoms with Crippen molar-refractivity contribution >= 4 is 34.5 Å². The van der Waals surface area contributed by atoms with Gasteiger partial charge in [0.25, 0.3) is 0 Å². The fourth-order valence-corrected chi connectivity index (χ4v) is 1.14. The molecule has 0 aliphatic heterocycles. The maximum absolute atomic E-state index is 11.0. The molecule has 0 radical (unpaired) electrons. The van der Waals surface area contributed by atoms with Crippen LogP contribution in [0.25, 0.3) is 0 Å². The zero-order valence-electron chi connectivity index (χ0n) is 9.38. The number of aliphatic hydroxyl groups is 1. The molecule has 0 spiro atoms. The van der Waals surface area contributed by atoms with Crippen LogP contribution in [-0.4, -0.2) is 58.0 Å². The second-order valence-corrected chi connectivity index (χ2v) is 4.34. The fraction of sp³-hybridized carbons (Fsp3) is 0.429. The highest BCUT2D eigenvalue weighted by molar-refractivity contribution is 7.81. The molecular weight excluding hydrogens is 308 g/mol. The lowest BCUT2D eigenvalue weighted by Crippen LogP contribution is -2.43. The summed E-state index contributed by atoms with van der Waals surface area (Å²) in [6, 6.07) is 0. The standard InChI is InChI=1S/C7H8O12S/c8-3(9)1-7(14,5(11)12)2-4(10)18-6(13)19-20(15,16)17/h14H,1-2H2,(H,8,9)(H,11,12)(H,15,16,17). The van der Waals surface area contributed by atoms with Gasteiger partial charge in [-0.1, -0.05) is 0 Å². The first-order chi connectivity index (χ1) is 8.85. The Hall–Kier alpha value is -2.25. The van der Waals surface area contributed by atoms with Crippen molar-refractivity contribution in [2.24, 2.45) is 0 Å². The first-order valence-electron chi connectivity index (χ1n) is 4.45. The molecule has 0 rings (SSSR count). The number of rotatable bonds is 6. The van der Waals surface area contributed by atoms with Crippen LogP contribution in [0.3, 0.4) is 0 Å². The summed E-state index contributed by atoms with van der Waals surface area (Å²) in [5, 5.41) is 26.3. The summed E-state index contributed by atoms with van der Waals surface area (Å²) in [4.78, 5) is 42.6. The predicted molar refractivity (Wildman–Crippen MR) is 53.6 cm³/mol. The lowest BCUT2D eigenvalue weighted by atomic mass is 9.96. The van der Waals surface area contributed by atoms with Gasteiger partial charge in [0.1, 0.15) is 0 Å². The molecule has 13 heteroatoms. The number of carboxylic acids is 2. The molecule has 0 heterocycles. The lowest BCUT2D eigenvalue weighted by molar-refractivity contribution is -0.170. The number of esters is 1. The second-order valence-electron chi connectivity index (χ2n) is 3.32. The third kappa shape index (κ3) is 6.62. The number of carbonyl (C=O) groups is 4. The predicted octanol–water partition coefficient (Wildman–Crippen LogP) is -1.85. The molecular formula is C7H8O12S. The van der Waals surface area contributed by atoms with Gasteiger partial charge in [0, 0.05) is 0 Å². The van der Waals surface area contributed by atoms with Gasteiger partial charge < -0.3 is 20.1 Å². The van der Waals surface area contributed by atoms with Gasteiger partial charge >= 0.3 is 34.5 Å². The van der Waals surface area contributed by atoms with Crippen molar-refractivity contribution < 1.29 is 56.4 Å². The largest absolute Gasteiger partial charge is 0.533 e. The van der Waals surface area contributed by atoms with E-state index in [9.17, 15) is 32.7 Å². The van der Waals surface area contributed by atoms with E-state index in [-0.39, 0.29) is 0 Å². The van der Waals surface area contributed by atoms with Gasteiger partial charge in [-0.05, 0) is 0 Å². The first-order valence-corrected chi connectivity index (χ1v) is 5.81. The monoisotopic (exact) mass is 316 g/mol. The number of ether oxygens (including phenoxy) is 1. The Bertz CT molecular complexity index is 532. The van der Waals surface area contributed by atoms with Crippen LogP contribution < -0.4 is 0 Å². The summed E-state index contributed by atoms with van der Waals surface area (Å²) in [5.74, 6) is -5.63. The minimum atomic E-state index is -5.25. The molecule has 0 aromatic carbocycles. The molecule has 12 nitrogen and oxygen atoms in total. The summed E-state index contributed by atoms with van der Waals surface area (Å²) in [6.07, 6.45) is -5.07. The van der Waals surface area contributed by atoms with Crippen molar-refractivity contribution in [1.29, 1.82) is 0 Å². The summed E-state index contributed by atoms with van der Waals surface area (Å²) in [5.41, 5.74) is -3.07. The Morgan fingerprint density at radius 2 is 1.55 bits per heavy atom. The summed E-state index contributed by atoms with van der Waals surface area (Å²) < 4.78 is 34.9. The van der Waals surface area contributed by atoms with Crippen LogP contribution in [-0.2, 0) is 33.7 Å². The maximum atomic E-state index is 11.0. The number of hydrogen-bond donors (Lipinski definition) is 4. The molecule has 114 valence electrons. The minimum absolute atomic E-state index is 1.38. The highest BCUT2D eigenvalue weighted by Crippen LogP contribution is 2.17. The van der Waals surface area contributed by atoms with Gasteiger partial charge in [0.05, 0.1) is 12.8 Å². The van der Waals surface area contributed by atoms with Crippen molar-refractivity contribution in [3.8, 4) is 0 Å². The van der Waals surface area contributed by atoms with E-state index in [1.807, 2.05) is 0 Å². The van der Waals surface area contributed by atoms with Gasteiger partial charge in [0.15, 0.2) is 5.60 Å². The molecule has 0 aliphatic rings. The number of hydrogen-bond acceptors (Lipinski definition) is 9. The molecule has 4 N–H and O–H groups in total. The Morgan fingerprint density at radius 3 is 1.90 bits per heavy atom. The minimum Gasteiger partial charge on any atom is -0.481 e. The third-order valence-corrected chi connectivity index (χ3v) is 2.00. The van der Waals surface area contributed by atoms with Crippen LogP contribution in [0.4, 0.5) is 4.79 Å². The molecule has 0 aromatic rings. The molecule has 0 bridgehead atoms. The Balaban J connectivity index is 4.75. The molecule has 0 saturated carbocycles. The van der Waals surface area contributed by atoms with Crippen LogP contribution in [0, 0.1) is 0 Å². The zero-order valence-corrected chi connectivity index (χ0v) is 10.2. The van der Waals surface area contributed by atoms with E-state index in [1.165, 1.54) is 0 Å². The highest BCUT2D eigenvalue weighted by Gasteiger charge is 2.42. The topological polar surface area (TPSA) is 202 Å². The van der Waals surface area contributed by atoms with Crippen molar-refractivity contribution in [3.63, 3.8) is 0 Å². The normalized spacial score (nSPS) is 13.9. The highest BCUT2D eigenvalue weighted by atomic mass is 32.3. The summed E-state index contributed by atoms with van der Waals surface area (Å²) in [6.45, 7) is 0. The van der Waals surface area contributed by atoms with E-state index in [2.05, 4.69) is 8.92 Å². The van der Waals surface area contributed by atoms with Crippen molar-refractivity contribution in [1.82, 2.24) is 0 Å². The zero-order chi connectivity index (χ0) is 16.1. The van der Waals surface area contributed by atoms with Crippen molar-refractivity contribution in [3.05, 3.63) is 0 Å². The van der Waals surface area contributed by atoms with Gasteiger partial charge in [-0.15, -0.1) is 0 Å². The number of aliphatic carboxylic acids is 2. The molecule has 1 unspecified atom stereocenters. The molecule has 1 atom stereocenters. The molecule has 20 heavy (non-hydrogen) atoms. The first kappa shape index (κ1) is 17.8. The SMILES string of the molecule is O=C(O)CC(O)(CC(=O)OC(=O)OS(=O)(=O)O)C(=O)O. The van der Waals surface area contributed by atoms with E-state index in [0.717, 1.165) is 0 Å². The maximum Gasteiger partial charge on any atom is 0.533 e. The van der Waals surface area contributed by atoms with Crippen LogP contribution in [0.5, 0.6) is 0 Å². The molecule has 0 amide bonds. The van der Waals surface area contributed by atoms with Crippen molar-refractivity contribution in [2.75, 3.05) is 0 Å². The van der Waals surface area contributed by atoms with E-state index in [0.29, 0.717) is 0 Å². The Kier molecular flexibility index (Phi) is 5.56. The van der Waals surface area contributed by atoms with E-state index < -0.39 is 52.9 Å². The summed E-state index contributed by atoms with van der Waals surface area (Å²) >= 11 is 0. The average molecular weight is 316 g/mol. The quantitative estimate of drug-likeness (QED) is 0.242. The third-order valence-electron chi connectivity index (χ3n) is 1.65. The van der Waals surface area contributed by atoms with E-state index in [1.54, 1.807) is 0 Å². The fourth-order valence-electron chi connectivity index (χ4n) is 0.935. The van der Waals surface area contributed by atoms with Gasteiger partial charge in [0.2, 0.25) is 0 Å². The number of carboxylic acid groups (broad SMARTS) is 2. The van der Waals surface area contributed by atoms with Gasteiger partial charge in [-0.25, -0.2) is 9.59 Å². The molecule has 0 fully saturated rings. The van der Waals surface area contributed by atoms with Gasteiger partial charge in [-0.2, -0.15) is 8.42 Å².